The van der Waals surface area contributed by atoms with E-state index in [1.807, 2.05) is 36.4 Å². The van der Waals surface area contributed by atoms with Crippen LogP contribution < -0.4 is 24.3 Å². The minimum Gasteiger partial charge on any atom is -0.508 e. The third-order valence-corrected chi connectivity index (χ3v) is 15.9. The molecule has 2 bridgehead atoms. The van der Waals surface area contributed by atoms with Crippen LogP contribution in [0.2, 0.25) is 0 Å². The van der Waals surface area contributed by atoms with Crippen LogP contribution in [-0.2, 0) is 15.9 Å². The second kappa shape index (κ2) is 19.3. The molecule has 11 rings (SSSR count). The highest BCUT2D eigenvalue weighted by molar-refractivity contribution is 5.96. The van der Waals surface area contributed by atoms with Crippen LogP contribution in [0.15, 0.2) is 78.9 Å². The summed E-state index contributed by atoms with van der Waals surface area (Å²) in [5, 5.41) is 62.2. The number of fused-ring (bicyclic) bond motifs is 5. The summed E-state index contributed by atoms with van der Waals surface area (Å²) in [7, 11) is 1.69. The molecular weight excluding hydrogens is 875 g/mol. The topological polar surface area (TPSA) is 169 Å². The van der Waals surface area contributed by atoms with E-state index < -0.39 is 47.9 Å². The van der Waals surface area contributed by atoms with E-state index in [1.165, 1.54) is 0 Å². The van der Waals surface area contributed by atoms with E-state index in [1.54, 1.807) is 49.6 Å². The van der Waals surface area contributed by atoms with Gasteiger partial charge in [-0.15, -0.1) is 0 Å². The van der Waals surface area contributed by atoms with Crippen molar-refractivity contribution in [2.45, 2.75) is 119 Å². The van der Waals surface area contributed by atoms with Crippen molar-refractivity contribution in [2.24, 2.45) is 17.8 Å². The molecule has 5 aromatic carbocycles. The summed E-state index contributed by atoms with van der Waals surface area (Å²) in [6, 6.07) is 23.5. The van der Waals surface area contributed by atoms with Crippen LogP contribution in [0.25, 0.3) is 21.9 Å². The average molecular weight is 938 g/mol. The first kappa shape index (κ1) is 45.7. The number of hydrogen-bond donors (Lipinski definition) is 6. The molecule has 5 aromatic rings. The van der Waals surface area contributed by atoms with Crippen LogP contribution in [0.1, 0.15) is 105 Å². The summed E-state index contributed by atoms with van der Waals surface area (Å²) in [5.74, 6) is 8.61. The monoisotopic (exact) mass is 937 g/mol. The lowest BCUT2D eigenvalue weighted by atomic mass is 9.66. The van der Waals surface area contributed by atoms with Crippen molar-refractivity contribution in [1.82, 2.24) is 5.32 Å². The number of phenolic OH excluding ortho intramolecular Hbond substituents is 3. The normalized spacial score (nSPS) is 28.5. The third-order valence-electron chi connectivity index (χ3n) is 15.9. The molecule has 12 heteroatoms. The predicted octanol–water partition coefficient (Wildman–Crippen LogP) is 9.19. The lowest BCUT2D eigenvalue weighted by Gasteiger charge is -2.54. The van der Waals surface area contributed by atoms with E-state index in [2.05, 4.69) is 17.2 Å². The molecule has 362 valence electrons. The summed E-state index contributed by atoms with van der Waals surface area (Å²) >= 11 is 0. The van der Waals surface area contributed by atoms with Gasteiger partial charge in [0.15, 0.2) is 0 Å². The molecule has 4 heterocycles. The Morgan fingerprint density at radius 2 is 1.65 bits per heavy atom. The summed E-state index contributed by atoms with van der Waals surface area (Å²) in [6.07, 6.45) is 6.14. The third kappa shape index (κ3) is 8.82. The first-order valence-corrected chi connectivity index (χ1v) is 25.1. The first-order valence-electron chi connectivity index (χ1n) is 25.1. The molecule has 12 nitrogen and oxygen atoms in total. The summed E-state index contributed by atoms with van der Waals surface area (Å²) in [4.78, 5) is 0. The Bertz CT molecular complexity index is 2760. The second-order valence-electron chi connectivity index (χ2n) is 20.2. The fraction of sp³-hybridized carbons (Fsp3) is 0.474. The van der Waals surface area contributed by atoms with Crippen molar-refractivity contribution in [3.8, 4) is 63.2 Å². The standard InChI is InChI=1S/C57H63NO11/c1-64-22-7-14-49-52(56-47-31-50(45-28-39(61)16-18-44(45)55(47)68-49)65-23-6-10-36-9-5-21-58-57(36)20-19-40(62)29-51(57)69-56)48-32-66-54-35(27-42(30-46(54)53(48)63)67-41-12-2-3-13-41)24-34-26-38(60)15-17-43(34)33-8-4-11-37(59)25-33/h4,8,11,15-18,25-28,30-31,36,40-41,48-49,51-53,56,58-63H,2-3,5,7,9,12-14,19-24,29,32H2,1H3. The molecular formula is C57H63NO11. The Morgan fingerprint density at radius 3 is 2.51 bits per heavy atom. The molecule has 4 aliphatic heterocycles. The lowest BCUT2D eigenvalue weighted by Crippen LogP contribution is -2.65. The average Bonchev–Trinajstić information content (AvgIpc) is 3.85. The van der Waals surface area contributed by atoms with Crippen LogP contribution in [0.3, 0.4) is 0 Å². The number of nitrogens with one attached hydrogen (secondary N) is 1. The molecule has 1 saturated heterocycles. The maximum atomic E-state index is 13.2. The lowest BCUT2D eigenvalue weighted by molar-refractivity contribution is -0.175. The zero-order chi connectivity index (χ0) is 47.2. The van der Waals surface area contributed by atoms with Crippen molar-refractivity contribution in [3.63, 3.8) is 0 Å². The van der Waals surface area contributed by atoms with E-state index in [-0.39, 0.29) is 42.5 Å². The number of aliphatic hydroxyl groups excluding tert-OH is 2. The van der Waals surface area contributed by atoms with E-state index in [4.69, 9.17) is 28.4 Å². The molecule has 6 N–H and O–H groups in total. The summed E-state index contributed by atoms with van der Waals surface area (Å²) in [6.45, 7) is 1.61. The number of hydrogen-bond acceptors (Lipinski definition) is 12. The van der Waals surface area contributed by atoms with Crippen molar-refractivity contribution >= 4 is 10.8 Å². The predicted molar refractivity (Wildman–Crippen MR) is 260 cm³/mol. The van der Waals surface area contributed by atoms with Gasteiger partial charge in [-0.25, -0.2) is 0 Å². The highest BCUT2D eigenvalue weighted by Crippen LogP contribution is 2.56. The maximum absolute atomic E-state index is 13.2. The van der Waals surface area contributed by atoms with Gasteiger partial charge < -0.3 is 59.3 Å². The number of ether oxygens (including phenoxy) is 6. The molecule has 2 saturated carbocycles. The van der Waals surface area contributed by atoms with Crippen molar-refractivity contribution in [3.05, 3.63) is 101 Å². The highest BCUT2D eigenvalue weighted by Gasteiger charge is 2.55. The van der Waals surface area contributed by atoms with Crippen LogP contribution in [-0.4, -0.2) is 89.0 Å². The van der Waals surface area contributed by atoms with E-state index in [0.29, 0.717) is 79.1 Å². The van der Waals surface area contributed by atoms with E-state index in [0.717, 1.165) is 78.3 Å². The number of piperidine rings is 1. The Labute approximate surface area is 403 Å². The molecule has 9 unspecified atom stereocenters. The maximum Gasteiger partial charge on any atom is 0.149 e. The number of aliphatic hydroxyl groups is 2. The zero-order valence-corrected chi connectivity index (χ0v) is 39.2. The first-order chi connectivity index (χ1) is 33.7. The summed E-state index contributed by atoms with van der Waals surface area (Å²) < 4.78 is 40.9. The van der Waals surface area contributed by atoms with Crippen molar-refractivity contribution in [2.75, 3.05) is 33.5 Å². The molecule has 0 radical (unpaired) electrons. The molecule has 1 spiro atoms. The van der Waals surface area contributed by atoms with Gasteiger partial charge in [0, 0.05) is 71.8 Å². The molecule has 3 fully saturated rings. The van der Waals surface area contributed by atoms with Gasteiger partial charge in [-0.2, -0.15) is 0 Å². The number of aromatic hydroxyl groups is 3. The Kier molecular flexibility index (Phi) is 12.8. The summed E-state index contributed by atoms with van der Waals surface area (Å²) in [5.41, 5.74) is 4.13. The molecule has 2 aliphatic carbocycles. The van der Waals surface area contributed by atoms with Gasteiger partial charge in [0.05, 0.1) is 42.7 Å². The number of methoxy groups -OCH3 is 1. The van der Waals surface area contributed by atoms with Crippen molar-refractivity contribution in [1.29, 1.82) is 0 Å². The highest BCUT2D eigenvalue weighted by atomic mass is 16.5. The van der Waals surface area contributed by atoms with Crippen LogP contribution in [0.4, 0.5) is 0 Å². The number of phenols is 3. The largest absolute Gasteiger partial charge is 0.508 e. The molecule has 0 amide bonds. The van der Waals surface area contributed by atoms with Gasteiger partial charge in [0.1, 0.15) is 53.0 Å². The van der Waals surface area contributed by atoms with E-state index in [9.17, 15) is 25.5 Å². The minimum absolute atomic E-state index is 0.0447. The van der Waals surface area contributed by atoms with Gasteiger partial charge in [-0.1, -0.05) is 30.0 Å². The minimum atomic E-state index is -1.05. The fourth-order valence-electron chi connectivity index (χ4n) is 12.6. The van der Waals surface area contributed by atoms with Gasteiger partial charge in [-0.05, 0) is 148 Å². The fourth-order valence-corrected chi connectivity index (χ4v) is 12.6. The number of rotatable bonds is 10. The smallest absolute Gasteiger partial charge is 0.149 e. The quantitative estimate of drug-likeness (QED) is 0.0581. The number of benzene rings is 5. The Morgan fingerprint density at radius 1 is 0.812 bits per heavy atom. The van der Waals surface area contributed by atoms with Crippen molar-refractivity contribution < 1.29 is 54.0 Å². The Balaban J connectivity index is 1.05. The van der Waals surface area contributed by atoms with Gasteiger partial charge in [0.2, 0.25) is 0 Å². The molecule has 0 aromatic heterocycles. The SMILES string of the molecule is COCCCC1Oc2c3cc(c4cc(O)ccc24)OCC#CC2CCCNC24CCC(O)CC4OC3C1C1COc2c(Cc3cc(O)ccc3-c3cccc(O)c3)cc(OC3CCCC3)cc2C1O. The van der Waals surface area contributed by atoms with Gasteiger partial charge >= 0.3 is 0 Å². The molecule has 9 atom stereocenters. The van der Waals surface area contributed by atoms with Crippen LogP contribution in [0.5, 0.6) is 40.2 Å². The Hall–Kier alpha value is -5.68. The zero-order valence-electron chi connectivity index (χ0n) is 39.2. The second-order valence-corrected chi connectivity index (χ2v) is 20.2. The molecule has 6 aliphatic rings. The van der Waals surface area contributed by atoms with Crippen LogP contribution in [0, 0.1) is 29.6 Å². The van der Waals surface area contributed by atoms with E-state index >= 15 is 0 Å². The van der Waals surface area contributed by atoms with Gasteiger partial charge in [0.25, 0.3) is 0 Å². The van der Waals surface area contributed by atoms with Gasteiger partial charge in [-0.3, -0.25) is 0 Å². The van der Waals surface area contributed by atoms with Crippen LogP contribution >= 0.6 is 0 Å². The molecule has 69 heavy (non-hydrogen) atoms.